The Morgan fingerprint density at radius 2 is 1.94 bits per heavy atom. The van der Waals surface area contributed by atoms with Crippen LogP contribution in [-0.2, 0) is 0 Å². The molecule has 0 aliphatic heterocycles. The van der Waals surface area contributed by atoms with Crippen LogP contribution in [0.25, 0.3) is 0 Å². The maximum atomic E-state index is 13.7. The van der Waals surface area contributed by atoms with E-state index in [0.717, 1.165) is 0 Å². The molecule has 17 heavy (non-hydrogen) atoms. The van der Waals surface area contributed by atoms with Crippen molar-refractivity contribution in [3.63, 3.8) is 0 Å². The summed E-state index contributed by atoms with van der Waals surface area (Å²) in [4.78, 5) is 0.562. The normalized spacial score (nSPS) is 12.8. The van der Waals surface area contributed by atoms with Gasteiger partial charge in [-0.1, -0.05) is 12.1 Å². The zero-order chi connectivity index (χ0) is 12.6. The number of thiophene rings is 1. The molecule has 2 rings (SSSR count). The third-order valence-electron chi connectivity index (χ3n) is 2.49. The first kappa shape index (κ1) is 12.7. The molecule has 0 aliphatic rings. The van der Waals surface area contributed by atoms with E-state index in [-0.39, 0.29) is 11.1 Å². The molecular weight excluding hydrogens is 310 g/mol. The summed E-state index contributed by atoms with van der Waals surface area (Å²) in [5, 5.41) is 11.8. The summed E-state index contributed by atoms with van der Waals surface area (Å²) in [5.74, 6) is -1.90. The van der Waals surface area contributed by atoms with E-state index < -0.39 is 17.7 Å². The highest BCUT2D eigenvalue weighted by molar-refractivity contribution is 9.10. The molecule has 0 spiro atoms. The van der Waals surface area contributed by atoms with Crippen molar-refractivity contribution >= 4 is 27.3 Å². The van der Waals surface area contributed by atoms with Gasteiger partial charge in [-0.15, -0.1) is 11.3 Å². The molecular formula is C12H9BrF2OS. The number of aryl methyl sites for hydroxylation is 1. The summed E-state index contributed by atoms with van der Waals surface area (Å²) < 4.78 is 27.8. The molecule has 1 heterocycles. The van der Waals surface area contributed by atoms with Crippen LogP contribution in [0, 0.1) is 18.6 Å². The lowest BCUT2D eigenvalue weighted by atomic mass is 10.0. The summed E-state index contributed by atoms with van der Waals surface area (Å²) >= 11 is 4.54. The van der Waals surface area contributed by atoms with Gasteiger partial charge in [-0.05, 0) is 39.9 Å². The number of halogens is 3. The maximum absolute atomic E-state index is 13.7. The van der Waals surface area contributed by atoms with Gasteiger partial charge < -0.3 is 5.11 Å². The molecule has 1 N–H and O–H groups in total. The highest BCUT2D eigenvalue weighted by Crippen LogP contribution is 2.34. The second kappa shape index (κ2) is 4.84. The Balaban J connectivity index is 2.48. The van der Waals surface area contributed by atoms with Crippen molar-refractivity contribution in [2.24, 2.45) is 0 Å². The summed E-state index contributed by atoms with van der Waals surface area (Å²) in [7, 11) is 0. The number of hydrogen-bond acceptors (Lipinski definition) is 2. The van der Waals surface area contributed by atoms with E-state index >= 15 is 0 Å². The summed E-state index contributed by atoms with van der Waals surface area (Å²) in [6.45, 7) is 1.48. The lowest BCUT2D eigenvalue weighted by Gasteiger charge is -2.12. The molecule has 0 saturated heterocycles. The van der Waals surface area contributed by atoms with Crippen molar-refractivity contribution in [2.75, 3.05) is 0 Å². The Kier molecular flexibility index (Phi) is 3.61. The topological polar surface area (TPSA) is 20.2 Å². The zero-order valence-corrected chi connectivity index (χ0v) is 11.3. The minimum atomic E-state index is -1.15. The van der Waals surface area contributed by atoms with Crippen molar-refractivity contribution < 1.29 is 13.9 Å². The molecule has 5 heteroatoms. The van der Waals surface area contributed by atoms with E-state index in [1.54, 1.807) is 11.4 Å². The third-order valence-corrected chi connectivity index (χ3v) is 4.42. The zero-order valence-electron chi connectivity index (χ0n) is 8.88. The molecule has 1 aromatic carbocycles. The van der Waals surface area contributed by atoms with Crippen molar-refractivity contribution in [1.29, 1.82) is 0 Å². The number of benzene rings is 1. The monoisotopic (exact) mass is 318 g/mol. The molecule has 0 fully saturated rings. The molecule has 0 bridgehead atoms. The van der Waals surface area contributed by atoms with E-state index in [0.29, 0.717) is 9.35 Å². The molecule has 0 amide bonds. The van der Waals surface area contributed by atoms with Crippen molar-refractivity contribution in [3.8, 4) is 0 Å². The van der Waals surface area contributed by atoms with Crippen LogP contribution in [0.1, 0.15) is 22.1 Å². The Hall–Kier alpha value is -0.780. The average Bonchev–Trinajstić information content (AvgIpc) is 2.72. The molecule has 0 radical (unpaired) electrons. The highest BCUT2D eigenvalue weighted by Gasteiger charge is 2.21. The second-order valence-electron chi connectivity index (χ2n) is 3.63. The Morgan fingerprint density at radius 3 is 2.53 bits per heavy atom. The molecule has 90 valence electrons. The van der Waals surface area contributed by atoms with Gasteiger partial charge in [-0.25, -0.2) is 8.78 Å². The van der Waals surface area contributed by atoms with E-state index in [1.165, 1.54) is 30.4 Å². The first-order valence-corrected chi connectivity index (χ1v) is 6.55. The lowest BCUT2D eigenvalue weighted by molar-refractivity contribution is 0.216. The number of rotatable bonds is 2. The summed E-state index contributed by atoms with van der Waals surface area (Å²) in [6.07, 6.45) is -1.15. The molecule has 1 nitrogen and oxygen atoms in total. The highest BCUT2D eigenvalue weighted by atomic mass is 79.9. The quantitative estimate of drug-likeness (QED) is 0.880. The van der Waals surface area contributed by atoms with Crippen LogP contribution < -0.4 is 0 Å². The van der Waals surface area contributed by atoms with Gasteiger partial charge >= 0.3 is 0 Å². The summed E-state index contributed by atoms with van der Waals surface area (Å²) in [6, 6.07) is 4.62. The minimum absolute atomic E-state index is 0.0451. The molecule has 0 saturated carbocycles. The SMILES string of the molecule is Cc1ccc(C(O)c2sccc2Br)c(F)c1F. The molecule has 1 unspecified atom stereocenters. The van der Waals surface area contributed by atoms with Crippen LogP contribution in [0.15, 0.2) is 28.1 Å². The van der Waals surface area contributed by atoms with Gasteiger partial charge in [0.05, 0.1) is 4.88 Å². The number of aliphatic hydroxyl groups is 1. The number of aliphatic hydroxyl groups excluding tert-OH is 1. The Labute approximate surface area is 110 Å². The first-order chi connectivity index (χ1) is 8.02. The van der Waals surface area contributed by atoms with Crippen molar-refractivity contribution in [2.45, 2.75) is 13.0 Å². The van der Waals surface area contributed by atoms with Gasteiger partial charge in [0.15, 0.2) is 11.6 Å². The second-order valence-corrected chi connectivity index (χ2v) is 5.44. The molecule has 2 aromatic rings. The van der Waals surface area contributed by atoms with Crippen LogP contribution >= 0.6 is 27.3 Å². The van der Waals surface area contributed by atoms with Crippen LogP contribution in [0.4, 0.5) is 8.78 Å². The van der Waals surface area contributed by atoms with Crippen molar-refractivity contribution in [3.05, 3.63) is 55.7 Å². The Morgan fingerprint density at radius 1 is 1.24 bits per heavy atom. The standard InChI is InChI=1S/C12H9BrF2OS/c1-6-2-3-7(10(15)9(6)14)11(16)12-8(13)4-5-17-12/h2-5,11,16H,1H3. The smallest absolute Gasteiger partial charge is 0.165 e. The van der Waals surface area contributed by atoms with Crippen LogP contribution in [0.3, 0.4) is 0 Å². The van der Waals surface area contributed by atoms with E-state index in [1.807, 2.05) is 0 Å². The van der Waals surface area contributed by atoms with E-state index in [9.17, 15) is 13.9 Å². The average molecular weight is 319 g/mol. The van der Waals surface area contributed by atoms with E-state index in [4.69, 9.17) is 0 Å². The largest absolute Gasteiger partial charge is 0.383 e. The van der Waals surface area contributed by atoms with Gasteiger partial charge in [0.2, 0.25) is 0 Å². The van der Waals surface area contributed by atoms with Crippen molar-refractivity contribution in [1.82, 2.24) is 0 Å². The fourth-order valence-corrected chi connectivity index (χ4v) is 3.11. The lowest BCUT2D eigenvalue weighted by Crippen LogP contribution is -2.04. The predicted molar refractivity (Wildman–Crippen MR) is 67.2 cm³/mol. The first-order valence-electron chi connectivity index (χ1n) is 4.88. The maximum Gasteiger partial charge on any atom is 0.165 e. The fraction of sp³-hybridized carbons (Fsp3) is 0.167. The molecule has 1 aromatic heterocycles. The Bertz CT molecular complexity index is 553. The van der Waals surface area contributed by atoms with E-state index in [2.05, 4.69) is 15.9 Å². The van der Waals surface area contributed by atoms with Gasteiger partial charge in [-0.2, -0.15) is 0 Å². The summed E-state index contributed by atoms with van der Waals surface area (Å²) in [5.41, 5.74) is 0.181. The fourth-order valence-electron chi connectivity index (χ4n) is 1.51. The molecule has 1 atom stereocenters. The van der Waals surface area contributed by atoms with Gasteiger partial charge in [0, 0.05) is 10.0 Å². The van der Waals surface area contributed by atoms with Crippen LogP contribution in [-0.4, -0.2) is 5.11 Å². The number of hydrogen-bond donors (Lipinski definition) is 1. The van der Waals surface area contributed by atoms with Gasteiger partial charge in [0.1, 0.15) is 6.10 Å². The minimum Gasteiger partial charge on any atom is -0.383 e. The van der Waals surface area contributed by atoms with Crippen LogP contribution in [0.2, 0.25) is 0 Å². The third kappa shape index (κ3) is 2.27. The predicted octanol–water partition coefficient (Wildman–Crippen LogP) is 4.18. The van der Waals surface area contributed by atoms with Gasteiger partial charge in [-0.3, -0.25) is 0 Å². The molecule has 0 aliphatic carbocycles. The van der Waals surface area contributed by atoms with Crippen LogP contribution in [0.5, 0.6) is 0 Å². The van der Waals surface area contributed by atoms with Gasteiger partial charge in [0.25, 0.3) is 0 Å².